The number of para-hydroxylation sites is 1. The summed E-state index contributed by atoms with van der Waals surface area (Å²) in [5.74, 6) is 0.0205. The summed E-state index contributed by atoms with van der Waals surface area (Å²) in [6.07, 6.45) is 3.28. The molecule has 1 amide bonds. The average molecular weight is 362 g/mol. The Hall–Kier alpha value is -3.68. The number of aryl methyl sites for hydroxylation is 2. The molecule has 0 saturated carbocycles. The number of hydrogen-bond acceptors (Lipinski definition) is 5. The third kappa shape index (κ3) is 3.01. The van der Waals surface area contributed by atoms with Crippen LogP contribution < -0.4 is 10.1 Å². The number of rotatable bonds is 4. The van der Waals surface area contributed by atoms with Crippen LogP contribution in [0.5, 0.6) is 5.75 Å². The zero-order valence-corrected chi connectivity index (χ0v) is 15.2. The fourth-order valence-corrected chi connectivity index (χ4v) is 2.94. The van der Waals surface area contributed by atoms with Crippen LogP contribution in [0.2, 0.25) is 0 Å². The largest absolute Gasteiger partial charge is 0.493 e. The van der Waals surface area contributed by atoms with Crippen LogP contribution >= 0.6 is 0 Å². The molecule has 0 aliphatic heterocycles. The van der Waals surface area contributed by atoms with Gasteiger partial charge in [0.05, 0.1) is 36.6 Å². The molecule has 4 rings (SSSR count). The Labute approximate surface area is 155 Å². The first-order valence-electron chi connectivity index (χ1n) is 8.36. The molecule has 0 aliphatic carbocycles. The summed E-state index contributed by atoms with van der Waals surface area (Å²) >= 11 is 0. The molecular weight excluding hydrogens is 344 g/mol. The van der Waals surface area contributed by atoms with Gasteiger partial charge in [-0.15, -0.1) is 0 Å². The van der Waals surface area contributed by atoms with E-state index < -0.39 is 0 Å². The number of benzene rings is 1. The average Bonchev–Trinajstić information content (AvgIpc) is 3.24. The van der Waals surface area contributed by atoms with Crippen LogP contribution in [0.3, 0.4) is 0 Å². The van der Waals surface area contributed by atoms with Gasteiger partial charge in [0.2, 0.25) is 0 Å². The first kappa shape index (κ1) is 16.8. The van der Waals surface area contributed by atoms with E-state index in [1.54, 1.807) is 21.8 Å². The number of pyridine rings is 1. The van der Waals surface area contributed by atoms with Crippen molar-refractivity contribution in [3.8, 4) is 11.4 Å². The van der Waals surface area contributed by atoms with Gasteiger partial charge in [-0.3, -0.25) is 9.48 Å². The number of carbonyl (C=O) groups is 1. The van der Waals surface area contributed by atoms with Crippen LogP contribution in [0, 0.1) is 6.92 Å². The normalized spacial score (nSPS) is 10.9. The van der Waals surface area contributed by atoms with E-state index in [0.717, 1.165) is 22.4 Å². The monoisotopic (exact) mass is 362 g/mol. The number of carbonyl (C=O) groups excluding carboxylic acids is 1. The highest BCUT2D eigenvalue weighted by molar-refractivity contribution is 6.05. The number of hydrogen-bond donors (Lipinski definition) is 1. The second kappa shape index (κ2) is 6.56. The zero-order valence-electron chi connectivity index (χ0n) is 15.2. The maximum absolute atomic E-state index is 12.7. The number of anilines is 1. The van der Waals surface area contributed by atoms with E-state index in [-0.39, 0.29) is 11.6 Å². The van der Waals surface area contributed by atoms with Crippen LogP contribution in [0.15, 0.2) is 48.8 Å². The molecule has 0 saturated heterocycles. The smallest absolute Gasteiger partial charge is 0.280 e. The van der Waals surface area contributed by atoms with Crippen molar-refractivity contribution in [2.24, 2.45) is 7.05 Å². The van der Waals surface area contributed by atoms with E-state index in [2.05, 4.69) is 20.5 Å². The number of nitrogens with one attached hydrogen (secondary N) is 1. The van der Waals surface area contributed by atoms with Crippen molar-refractivity contribution in [1.82, 2.24) is 24.5 Å². The highest BCUT2D eigenvalue weighted by Crippen LogP contribution is 2.23. The van der Waals surface area contributed by atoms with Crippen molar-refractivity contribution >= 4 is 22.6 Å². The van der Waals surface area contributed by atoms with Gasteiger partial charge in [0.25, 0.3) is 5.91 Å². The summed E-state index contributed by atoms with van der Waals surface area (Å²) in [4.78, 5) is 17.1. The Morgan fingerprint density at radius 1 is 1.19 bits per heavy atom. The summed E-state index contributed by atoms with van der Waals surface area (Å²) in [5, 5.41) is 12.4. The summed E-state index contributed by atoms with van der Waals surface area (Å²) in [7, 11) is 3.34. The third-order valence-electron chi connectivity index (χ3n) is 4.26. The van der Waals surface area contributed by atoms with Gasteiger partial charge >= 0.3 is 0 Å². The Kier molecular flexibility index (Phi) is 4.08. The first-order valence-corrected chi connectivity index (χ1v) is 8.36. The number of aromatic nitrogens is 5. The molecule has 8 heteroatoms. The second-order valence-corrected chi connectivity index (χ2v) is 6.08. The first-order chi connectivity index (χ1) is 13.1. The molecule has 27 heavy (non-hydrogen) atoms. The summed E-state index contributed by atoms with van der Waals surface area (Å²) in [5.41, 5.74) is 3.21. The van der Waals surface area contributed by atoms with Gasteiger partial charge in [-0.25, -0.2) is 9.67 Å². The van der Waals surface area contributed by atoms with Gasteiger partial charge in [-0.2, -0.15) is 10.2 Å². The number of fused-ring (bicyclic) bond motifs is 1. The van der Waals surface area contributed by atoms with Crippen molar-refractivity contribution in [3.63, 3.8) is 0 Å². The molecule has 136 valence electrons. The van der Waals surface area contributed by atoms with Gasteiger partial charge in [0.15, 0.2) is 17.1 Å². The lowest BCUT2D eigenvalue weighted by Crippen LogP contribution is -2.14. The van der Waals surface area contributed by atoms with Crippen molar-refractivity contribution in [2.45, 2.75) is 6.92 Å². The molecule has 1 N–H and O–H groups in total. The summed E-state index contributed by atoms with van der Waals surface area (Å²) in [6, 6.07) is 11.4. The molecule has 3 aromatic heterocycles. The van der Waals surface area contributed by atoms with Gasteiger partial charge < -0.3 is 10.1 Å². The Balaban J connectivity index is 1.65. The Morgan fingerprint density at radius 3 is 2.70 bits per heavy atom. The highest BCUT2D eigenvalue weighted by atomic mass is 16.5. The van der Waals surface area contributed by atoms with Crippen LogP contribution in [-0.2, 0) is 7.05 Å². The highest BCUT2D eigenvalue weighted by Gasteiger charge is 2.19. The molecule has 0 aliphatic rings. The lowest BCUT2D eigenvalue weighted by atomic mass is 10.2. The number of ether oxygens (including phenoxy) is 1. The maximum Gasteiger partial charge on any atom is 0.280 e. The lowest BCUT2D eigenvalue weighted by molar-refractivity contribution is 0.101. The standard InChI is InChI=1S/C19H18N6O2/c1-12-15-9-13(10-20-18(15)24(2)22-12)21-19(26)17-16(27-3)11-25(23-17)14-7-5-4-6-8-14/h4-11H,1-3H3,(H,21,26). The SMILES string of the molecule is COc1cn(-c2ccccc2)nc1C(=O)Nc1cnc2c(c1)c(C)nn2C. The quantitative estimate of drug-likeness (QED) is 0.603. The molecule has 0 radical (unpaired) electrons. The van der Waals surface area contributed by atoms with E-state index in [9.17, 15) is 4.79 Å². The minimum atomic E-state index is -0.371. The summed E-state index contributed by atoms with van der Waals surface area (Å²) in [6.45, 7) is 1.90. The number of methoxy groups -OCH3 is 1. The van der Waals surface area contributed by atoms with Crippen molar-refractivity contribution < 1.29 is 9.53 Å². The van der Waals surface area contributed by atoms with Gasteiger partial charge in [-0.1, -0.05) is 18.2 Å². The van der Waals surface area contributed by atoms with E-state index in [1.165, 1.54) is 7.11 Å². The molecule has 0 spiro atoms. The Bertz CT molecular complexity index is 1130. The summed E-state index contributed by atoms with van der Waals surface area (Å²) < 4.78 is 8.65. The van der Waals surface area contributed by atoms with Crippen molar-refractivity contribution in [1.29, 1.82) is 0 Å². The fourth-order valence-electron chi connectivity index (χ4n) is 2.94. The maximum atomic E-state index is 12.7. The van der Waals surface area contributed by atoms with Crippen molar-refractivity contribution in [3.05, 3.63) is 60.2 Å². The number of nitrogens with zero attached hydrogens (tertiary/aromatic N) is 5. The molecular formula is C19H18N6O2. The second-order valence-electron chi connectivity index (χ2n) is 6.08. The van der Waals surface area contributed by atoms with Crippen molar-refractivity contribution in [2.75, 3.05) is 12.4 Å². The van der Waals surface area contributed by atoms with E-state index in [1.807, 2.05) is 50.4 Å². The van der Waals surface area contributed by atoms with Crippen LogP contribution in [0.4, 0.5) is 5.69 Å². The van der Waals surface area contributed by atoms with E-state index in [4.69, 9.17) is 4.74 Å². The zero-order chi connectivity index (χ0) is 19.0. The fraction of sp³-hybridized carbons (Fsp3) is 0.158. The van der Waals surface area contributed by atoms with E-state index in [0.29, 0.717) is 11.4 Å². The van der Waals surface area contributed by atoms with Gasteiger partial charge in [0, 0.05) is 12.4 Å². The molecule has 0 fully saturated rings. The van der Waals surface area contributed by atoms with Gasteiger partial charge in [0.1, 0.15) is 0 Å². The molecule has 0 atom stereocenters. The minimum Gasteiger partial charge on any atom is -0.493 e. The van der Waals surface area contributed by atoms with Crippen LogP contribution in [0.1, 0.15) is 16.2 Å². The predicted molar refractivity (Wildman–Crippen MR) is 101 cm³/mol. The van der Waals surface area contributed by atoms with E-state index >= 15 is 0 Å². The van der Waals surface area contributed by atoms with Gasteiger partial charge in [-0.05, 0) is 25.1 Å². The minimum absolute atomic E-state index is 0.198. The van der Waals surface area contributed by atoms with Crippen LogP contribution in [0.25, 0.3) is 16.7 Å². The topological polar surface area (TPSA) is 86.9 Å². The molecule has 3 heterocycles. The molecule has 0 unspecified atom stereocenters. The molecule has 4 aromatic rings. The van der Waals surface area contributed by atoms with Crippen LogP contribution in [-0.4, -0.2) is 37.6 Å². The Morgan fingerprint density at radius 2 is 1.96 bits per heavy atom. The number of amides is 1. The molecule has 1 aromatic carbocycles. The molecule has 0 bridgehead atoms. The predicted octanol–water partition coefficient (Wildman–Crippen LogP) is 2.72. The third-order valence-corrected chi connectivity index (χ3v) is 4.26. The molecule has 8 nitrogen and oxygen atoms in total. The lowest BCUT2D eigenvalue weighted by Gasteiger charge is -2.05.